The van der Waals surface area contributed by atoms with Gasteiger partial charge in [0.05, 0.1) is 0 Å². The van der Waals surface area contributed by atoms with Crippen LogP contribution in [0.5, 0.6) is 0 Å². The summed E-state index contributed by atoms with van der Waals surface area (Å²) in [6, 6.07) is 11.4. The number of nitrogens with zero attached hydrogens (tertiary/aromatic N) is 1. The average Bonchev–Trinajstić information content (AvgIpc) is 2.33. The standard InChI is InChI=1S/C14H13BrNO/c1-16-8-6-11(7-9-16)10-14(17)12-2-4-13(15)5-3-12/h2-9H,10H2,1H3/q+1. The van der Waals surface area contributed by atoms with Gasteiger partial charge in [0.1, 0.15) is 7.05 Å². The first kappa shape index (κ1) is 12.0. The number of halogens is 1. The van der Waals surface area contributed by atoms with Gasteiger partial charge in [-0.15, -0.1) is 0 Å². The molecule has 0 spiro atoms. The highest BCUT2D eigenvalue weighted by Crippen LogP contribution is 2.12. The van der Waals surface area contributed by atoms with Crippen LogP contribution in [0.1, 0.15) is 15.9 Å². The van der Waals surface area contributed by atoms with Gasteiger partial charge in [-0.2, -0.15) is 0 Å². The molecule has 2 aromatic rings. The van der Waals surface area contributed by atoms with Crippen LogP contribution < -0.4 is 4.57 Å². The Morgan fingerprint density at radius 2 is 1.71 bits per heavy atom. The Bertz CT molecular complexity index is 517. The summed E-state index contributed by atoms with van der Waals surface area (Å²) in [6.07, 6.45) is 4.34. The molecule has 1 aromatic carbocycles. The zero-order valence-electron chi connectivity index (χ0n) is 9.56. The molecule has 0 N–H and O–H groups in total. The Morgan fingerprint density at radius 3 is 2.29 bits per heavy atom. The van der Waals surface area contributed by atoms with Crippen LogP contribution in [0.4, 0.5) is 0 Å². The zero-order chi connectivity index (χ0) is 12.3. The molecule has 0 amide bonds. The lowest BCUT2D eigenvalue weighted by Crippen LogP contribution is -2.26. The Kier molecular flexibility index (Phi) is 3.69. The second kappa shape index (κ2) is 5.23. The molecule has 0 saturated heterocycles. The number of pyridine rings is 1. The number of benzene rings is 1. The molecular formula is C14H13BrNO+. The third-order valence-electron chi connectivity index (χ3n) is 2.58. The first-order valence-corrected chi connectivity index (χ1v) is 6.17. The minimum atomic E-state index is 0.145. The first-order chi connectivity index (χ1) is 8.15. The van der Waals surface area contributed by atoms with Crippen LogP contribution >= 0.6 is 15.9 Å². The molecule has 0 unspecified atom stereocenters. The first-order valence-electron chi connectivity index (χ1n) is 5.38. The van der Waals surface area contributed by atoms with Crippen molar-refractivity contribution in [3.05, 3.63) is 64.4 Å². The molecule has 1 heterocycles. The fraction of sp³-hybridized carbons (Fsp3) is 0.143. The molecule has 0 radical (unpaired) electrons. The molecular weight excluding hydrogens is 278 g/mol. The summed E-state index contributed by atoms with van der Waals surface area (Å²) < 4.78 is 2.94. The predicted molar refractivity (Wildman–Crippen MR) is 69.8 cm³/mol. The maximum Gasteiger partial charge on any atom is 0.168 e. The molecule has 86 valence electrons. The van der Waals surface area contributed by atoms with Gasteiger partial charge in [0.15, 0.2) is 18.2 Å². The smallest absolute Gasteiger partial charge is 0.168 e. The molecule has 0 fully saturated rings. The van der Waals surface area contributed by atoms with Gasteiger partial charge in [0, 0.05) is 28.6 Å². The van der Waals surface area contributed by atoms with Crippen molar-refractivity contribution in [2.45, 2.75) is 6.42 Å². The fourth-order valence-electron chi connectivity index (χ4n) is 1.57. The summed E-state index contributed by atoms with van der Waals surface area (Å²) in [7, 11) is 1.96. The number of hydrogen-bond acceptors (Lipinski definition) is 1. The zero-order valence-corrected chi connectivity index (χ0v) is 11.1. The topological polar surface area (TPSA) is 20.9 Å². The molecule has 2 nitrogen and oxygen atoms in total. The monoisotopic (exact) mass is 290 g/mol. The molecule has 3 heteroatoms. The van der Waals surface area contributed by atoms with E-state index in [9.17, 15) is 4.79 Å². The molecule has 17 heavy (non-hydrogen) atoms. The Morgan fingerprint density at radius 1 is 1.12 bits per heavy atom. The number of aromatic nitrogens is 1. The number of hydrogen-bond donors (Lipinski definition) is 0. The molecule has 1 aromatic heterocycles. The van der Waals surface area contributed by atoms with E-state index < -0.39 is 0 Å². The van der Waals surface area contributed by atoms with E-state index in [2.05, 4.69) is 15.9 Å². The molecule has 0 atom stereocenters. The van der Waals surface area contributed by atoms with Gasteiger partial charge in [-0.05, 0) is 17.7 Å². The highest BCUT2D eigenvalue weighted by molar-refractivity contribution is 9.10. The van der Waals surface area contributed by atoms with Crippen molar-refractivity contribution >= 4 is 21.7 Å². The second-order valence-electron chi connectivity index (χ2n) is 3.98. The largest absolute Gasteiger partial charge is 0.294 e. The van der Waals surface area contributed by atoms with Crippen molar-refractivity contribution in [2.24, 2.45) is 7.05 Å². The van der Waals surface area contributed by atoms with Crippen molar-refractivity contribution in [3.63, 3.8) is 0 Å². The molecule has 2 rings (SSSR count). The number of rotatable bonds is 3. The normalized spacial score (nSPS) is 10.2. The number of aryl methyl sites for hydroxylation is 1. The fourth-order valence-corrected chi connectivity index (χ4v) is 1.84. The van der Waals surface area contributed by atoms with Gasteiger partial charge in [-0.3, -0.25) is 4.79 Å². The summed E-state index contributed by atoms with van der Waals surface area (Å²) in [5.41, 5.74) is 1.79. The summed E-state index contributed by atoms with van der Waals surface area (Å²) >= 11 is 3.36. The van der Waals surface area contributed by atoms with Gasteiger partial charge < -0.3 is 0 Å². The average molecular weight is 291 g/mol. The minimum absolute atomic E-state index is 0.145. The maximum atomic E-state index is 12.0. The van der Waals surface area contributed by atoms with Crippen LogP contribution in [0.25, 0.3) is 0 Å². The van der Waals surface area contributed by atoms with E-state index in [4.69, 9.17) is 0 Å². The molecule has 0 aliphatic rings. The molecule has 0 saturated carbocycles. The van der Waals surface area contributed by atoms with Crippen LogP contribution in [-0.2, 0) is 13.5 Å². The van der Waals surface area contributed by atoms with Crippen LogP contribution in [-0.4, -0.2) is 5.78 Å². The van der Waals surface area contributed by atoms with Gasteiger partial charge >= 0.3 is 0 Å². The van der Waals surface area contributed by atoms with E-state index in [-0.39, 0.29) is 5.78 Å². The predicted octanol–water partition coefficient (Wildman–Crippen LogP) is 2.70. The molecule has 0 aliphatic heterocycles. The number of Topliss-reactive ketones (excluding diaryl/α,β-unsaturated/α-hetero) is 1. The van der Waals surface area contributed by atoms with Crippen LogP contribution in [0.15, 0.2) is 53.3 Å². The molecule has 0 bridgehead atoms. The van der Waals surface area contributed by atoms with E-state index in [1.807, 2.05) is 60.4 Å². The second-order valence-corrected chi connectivity index (χ2v) is 4.89. The third kappa shape index (κ3) is 3.24. The van der Waals surface area contributed by atoms with Crippen LogP contribution in [0.2, 0.25) is 0 Å². The SMILES string of the molecule is C[n+]1ccc(CC(=O)c2ccc(Br)cc2)cc1. The minimum Gasteiger partial charge on any atom is -0.294 e. The number of ketones is 1. The quantitative estimate of drug-likeness (QED) is 0.629. The summed E-state index contributed by atoms with van der Waals surface area (Å²) in [5.74, 6) is 0.145. The van der Waals surface area contributed by atoms with Gasteiger partial charge in [0.2, 0.25) is 0 Å². The van der Waals surface area contributed by atoms with Crippen molar-refractivity contribution in [1.29, 1.82) is 0 Å². The lowest BCUT2D eigenvalue weighted by molar-refractivity contribution is -0.671. The van der Waals surface area contributed by atoms with Crippen molar-refractivity contribution in [3.8, 4) is 0 Å². The van der Waals surface area contributed by atoms with Gasteiger partial charge in [-0.25, -0.2) is 4.57 Å². The molecule has 0 aliphatic carbocycles. The number of carbonyl (C=O) groups excluding carboxylic acids is 1. The van der Waals surface area contributed by atoms with Gasteiger partial charge in [-0.1, -0.05) is 28.1 Å². The Hall–Kier alpha value is -1.48. The van der Waals surface area contributed by atoms with E-state index in [1.165, 1.54) is 0 Å². The van der Waals surface area contributed by atoms with Crippen LogP contribution in [0.3, 0.4) is 0 Å². The highest BCUT2D eigenvalue weighted by Gasteiger charge is 2.07. The lowest BCUT2D eigenvalue weighted by Gasteiger charge is -2.01. The lowest BCUT2D eigenvalue weighted by atomic mass is 10.0. The van der Waals surface area contributed by atoms with Crippen molar-refractivity contribution < 1.29 is 9.36 Å². The Balaban J connectivity index is 2.11. The maximum absolute atomic E-state index is 12.0. The summed E-state index contributed by atoms with van der Waals surface area (Å²) in [6.45, 7) is 0. The number of carbonyl (C=O) groups is 1. The van der Waals surface area contributed by atoms with Gasteiger partial charge in [0.25, 0.3) is 0 Å². The van der Waals surface area contributed by atoms with E-state index in [1.54, 1.807) is 0 Å². The van der Waals surface area contributed by atoms with E-state index >= 15 is 0 Å². The van der Waals surface area contributed by atoms with E-state index in [0.717, 1.165) is 15.6 Å². The van der Waals surface area contributed by atoms with E-state index in [0.29, 0.717) is 6.42 Å². The van der Waals surface area contributed by atoms with Crippen molar-refractivity contribution in [2.75, 3.05) is 0 Å². The van der Waals surface area contributed by atoms with Crippen LogP contribution in [0, 0.1) is 0 Å². The Labute approximate surface area is 109 Å². The third-order valence-corrected chi connectivity index (χ3v) is 3.11. The highest BCUT2D eigenvalue weighted by atomic mass is 79.9. The summed E-state index contributed by atoms with van der Waals surface area (Å²) in [5, 5.41) is 0. The van der Waals surface area contributed by atoms with Crippen molar-refractivity contribution in [1.82, 2.24) is 0 Å². The summed E-state index contributed by atoms with van der Waals surface area (Å²) in [4.78, 5) is 12.0.